The van der Waals surface area contributed by atoms with E-state index in [1.54, 1.807) is 7.11 Å². The third-order valence-corrected chi connectivity index (χ3v) is 6.63. The van der Waals surface area contributed by atoms with Crippen LogP contribution in [-0.2, 0) is 14.6 Å². The molecule has 20 heavy (non-hydrogen) atoms. The van der Waals surface area contributed by atoms with Gasteiger partial charge in [-0.05, 0) is 32.1 Å². The van der Waals surface area contributed by atoms with Crippen molar-refractivity contribution >= 4 is 9.84 Å². The van der Waals surface area contributed by atoms with Crippen LogP contribution in [0.15, 0.2) is 0 Å². The van der Waals surface area contributed by atoms with E-state index in [0.29, 0.717) is 24.7 Å². The van der Waals surface area contributed by atoms with E-state index < -0.39 is 9.84 Å². The molecule has 2 fully saturated rings. The molecule has 0 aromatic carbocycles. The van der Waals surface area contributed by atoms with E-state index in [1.165, 1.54) is 6.26 Å². The number of rotatable bonds is 4. The molecule has 1 heterocycles. The zero-order chi connectivity index (χ0) is 14.8. The minimum Gasteiger partial charge on any atom is -0.381 e. The predicted octanol–water partition coefficient (Wildman–Crippen LogP) is 0.780. The normalized spacial score (nSPS) is 37.0. The van der Waals surface area contributed by atoms with E-state index in [0.717, 1.165) is 45.1 Å². The molecular weight excluding hydrogens is 276 g/mol. The molecular formula is C14H28N2O3S. The molecule has 1 aliphatic heterocycles. The minimum absolute atomic E-state index is 0.167. The van der Waals surface area contributed by atoms with Crippen LogP contribution in [0.5, 0.6) is 0 Å². The van der Waals surface area contributed by atoms with Gasteiger partial charge in [0.1, 0.15) is 9.84 Å². The molecule has 2 N–H and O–H groups in total. The molecule has 0 bridgehead atoms. The van der Waals surface area contributed by atoms with Crippen molar-refractivity contribution in [2.45, 2.75) is 62.0 Å². The van der Waals surface area contributed by atoms with Gasteiger partial charge in [0, 0.05) is 38.5 Å². The van der Waals surface area contributed by atoms with Gasteiger partial charge in [0.2, 0.25) is 0 Å². The van der Waals surface area contributed by atoms with Crippen molar-refractivity contribution in [1.82, 2.24) is 4.90 Å². The van der Waals surface area contributed by atoms with Gasteiger partial charge in [-0.25, -0.2) is 8.42 Å². The number of hydrogen-bond donors (Lipinski definition) is 1. The molecule has 1 saturated carbocycles. The molecule has 4 atom stereocenters. The summed E-state index contributed by atoms with van der Waals surface area (Å²) in [5.74, 6) is 0. The Bertz CT molecular complexity index is 413. The standard InChI is InChI=1S/C14H28N2O3S/c1-19-13-6-7-16(12(8-13)10-15)11-4-3-5-14(9-11)20(2,17)18/h11-14H,3-10,15H2,1-2H3. The zero-order valence-corrected chi connectivity index (χ0v) is 13.4. The molecule has 1 aliphatic carbocycles. The fourth-order valence-corrected chi connectivity index (χ4v) is 4.94. The fourth-order valence-electron chi connectivity index (χ4n) is 3.77. The molecule has 0 aromatic rings. The van der Waals surface area contributed by atoms with Gasteiger partial charge in [-0.2, -0.15) is 0 Å². The third-order valence-electron chi connectivity index (χ3n) is 4.99. The number of piperidine rings is 1. The Hall–Kier alpha value is -0.170. The number of ether oxygens (including phenoxy) is 1. The van der Waals surface area contributed by atoms with Crippen molar-refractivity contribution in [2.75, 3.05) is 26.5 Å². The quantitative estimate of drug-likeness (QED) is 0.831. The van der Waals surface area contributed by atoms with Crippen LogP contribution in [0.3, 0.4) is 0 Å². The number of hydrogen-bond acceptors (Lipinski definition) is 5. The first-order chi connectivity index (χ1) is 9.45. The molecule has 0 radical (unpaired) electrons. The monoisotopic (exact) mass is 304 g/mol. The molecule has 118 valence electrons. The summed E-state index contributed by atoms with van der Waals surface area (Å²) < 4.78 is 29.1. The average Bonchev–Trinajstić information content (AvgIpc) is 2.45. The second kappa shape index (κ2) is 6.73. The van der Waals surface area contributed by atoms with Gasteiger partial charge in [0.05, 0.1) is 11.4 Å². The van der Waals surface area contributed by atoms with Crippen molar-refractivity contribution in [3.05, 3.63) is 0 Å². The predicted molar refractivity (Wildman–Crippen MR) is 80.5 cm³/mol. The summed E-state index contributed by atoms with van der Waals surface area (Å²) in [7, 11) is -1.16. The smallest absolute Gasteiger partial charge is 0.150 e. The van der Waals surface area contributed by atoms with E-state index in [4.69, 9.17) is 10.5 Å². The van der Waals surface area contributed by atoms with Crippen LogP contribution in [-0.4, -0.2) is 63.2 Å². The number of sulfone groups is 1. The van der Waals surface area contributed by atoms with Crippen molar-refractivity contribution in [3.63, 3.8) is 0 Å². The number of likely N-dealkylation sites (tertiary alicyclic amines) is 1. The van der Waals surface area contributed by atoms with E-state index in [-0.39, 0.29) is 5.25 Å². The zero-order valence-electron chi connectivity index (χ0n) is 12.6. The Morgan fingerprint density at radius 1 is 1.25 bits per heavy atom. The van der Waals surface area contributed by atoms with Crippen LogP contribution in [0.4, 0.5) is 0 Å². The number of nitrogens with zero attached hydrogens (tertiary/aromatic N) is 1. The first kappa shape index (κ1) is 16.2. The number of methoxy groups -OCH3 is 1. The summed E-state index contributed by atoms with van der Waals surface area (Å²) in [6, 6.07) is 0.701. The molecule has 2 aliphatic rings. The summed E-state index contributed by atoms with van der Waals surface area (Å²) in [5, 5.41) is -0.167. The van der Waals surface area contributed by atoms with Crippen molar-refractivity contribution < 1.29 is 13.2 Å². The van der Waals surface area contributed by atoms with Crippen LogP contribution in [0.2, 0.25) is 0 Å². The second-order valence-corrected chi connectivity index (χ2v) is 8.61. The maximum atomic E-state index is 11.8. The number of nitrogens with two attached hydrogens (primary N) is 1. The maximum absolute atomic E-state index is 11.8. The van der Waals surface area contributed by atoms with E-state index in [2.05, 4.69) is 4.90 Å². The van der Waals surface area contributed by atoms with Gasteiger partial charge in [-0.3, -0.25) is 4.90 Å². The van der Waals surface area contributed by atoms with E-state index >= 15 is 0 Å². The van der Waals surface area contributed by atoms with Gasteiger partial charge >= 0.3 is 0 Å². The van der Waals surface area contributed by atoms with Gasteiger partial charge in [0.15, 0.2) is 0 Å². The Kier molecular flexibility index (Phi) is 5.45. The molecule has 4 unspecified atom stereocenters. The molecule has 5 nitrogen and oxygen atoms in total. The Morgan fingerprint density at radius 3 is 2.60 bits per heavy atom. The van der Waals surface area contributed by atoms with Crippen molar-refractivity contribution in [2.24, 2.45) is 5.73 Å². The highest BCUT2D eigenvalue weighted by Crippen LogP contribution is 2.31. The highest BCUT2D eigenvalue weighted by molar-refractivity contribution is 7.91. The largest absolute Gasteiger partial charge is 0.381 e. The second-order valence-electron chi connectivity index (χ2n) is 6.28. The highest BCUT2D eigenvalue weighted by Gasteiger charge is 2.37. The Morgan fingerprint density at radius 2 is 2.00 bits per heavy atom. The molecule has 0 aromatic heterocycles. The fraction of sp³-hybridized carbons (Fsp3) is 1.00. The topological polar surface area (TPSA) is 72.6 Å². The molecule has 0 amide bonds. The van der Waals surface area contributed by atoms with E-state index in [9.17, 15) is 8.42 Å². The summed E-state index contributed by atoms with van der Waals surface area (Å²) >= 11 is 0. The lowest BCUT2D eigenvalue weighted by Crippen LogP contribution is -2.54. The summed E-state index contributed by atoms with van der Waals surface area (Å²) in [5.41, 5.74) is 5.92. The van der Waals surface area contributed by atoms with Crippen LogP contribution in [0.1, 0.15) is 38.5 Å². The summed E-state index contributed by atoms with van der Waals surface area (Å²) in [4.78, 5) is 2.45. The van der Waals surface area contributed by atoms with Gasteiger partial charge < -0.3 is 10.5 Å². The van der Waals surface area contributed by atoms with Gasteiger partial charge in [-0.1, -0.05) is 6.42 Å². The minimum atomic E-state index is -2.92. The lowest BCUT2D eigenvalue weighted by molar-refractivity contribution is -0.0105. The molecule has 2 rings (SSSR count). The van der Waals surface area contributed by atoms with Gasteiger partial charge in [-0.15, -0.1) is 0 Å². The van der Waals surface area contributed by atoms with Crippen LogP contribution in [0, 0.1) is 0 Å². The first-order valence-electron chi connectivity index (χ1n) is 7.63. The third kappa shape index (κ3) is 3.72. The SMILES string of the molecule is COC1CCN(C2CCCC(S(C)(=O)=O)C2)C(CN)C1. The highest BCUT2D eigenvalue weighted by atomic mass is 32.2. The van der Waals surface area contributed by atoms with Crippen LogP contribution >= 0.6 is 0 Å². The van der Waals surface area contributed by atoms with Crippen LogP contribution < -0.4 is 5.73 Å². The molecule has 0 spiro atoms. The Balaban J connectivity index is 2.02. The first-order valence-corrected chi connectivity index (χ1v) is 9.58. The van der Waals surface area contributed by atoms with Crippen LogP contribution in [0.25, 0.3) is 0 Å². The average molecular weight is 304 g/mol. The Labute approximate surface area is 122 Å². The summed E-state index contributed by atoms with van der Waals surface area (Å²) in [6.45, 7) is 1.60. The van der Waals surface area contributed by atoms with Crippen molar-refractivity contribution in [1.29, 1.82) is 0 Å². The van der Waals surface area contributed by atoms with Gasteiger partial charge in [0.25, 0.3) is 0 Å². The lowest BCUT2D eigenvalue weighted by atomic mass is 9.89. The van der Waals surface area contributed by atoms with E-state index in [1.807, 2.05) is 0 Å². The summed E-state index contributed by atoms with van der Waals surface area (Å²) in [6.07, 6.45) is 7.35. The molecule has 6 heteroatoms. The lowest BCUT2D eigenvalue weighted by Gasteiger charge is -2.45. The van der Waals surface area contributed by atoms with Crippen molar-refractivity contribution in [3.8, 4) is 0 Å². The molecule has 1 saturated heterocycles. The maximum Gasteiger partial charge on any atom is 0.150 e.